The first kappa shape index (κ1) is 55.7. The third kappa shape index (κ3) is 13.0. The summed E-state index contributed by atoms with van der Waals surface area (Å²) in [5.74, 6) is 0.762. The van der Waals surface area contributed by atoms with Gasteiger partial charge < -0.3 is 42.8 Å². The second-order valence-corrected chi connectivity index (χ2v) is 23.1. The van der Waals surface area contributed by atoms with Crippen LogP contribution in [-0.2, 0) is 36.8 Å². The Bertz CT molecular complexity index is 3140. The maximum atomic E-state index is 15.9. The van der Waals surface area contributed by atoms with Crippen molar-refractivity contribution >= 4 is 56.3 Å². The number of halogens is 4. The molecule has 0 spiro atoms. The topological polar surface area (TPSA) is 149 Å². The van der Waals surface area contributed by atoms with E-state index in [4.69, 9.17) is 76.0 Å². The van der Waals surface area contributed by atoms with Crippen LogP contribution in [0.15, 0.2) is 67.1 Å². The first-order valence-electron chi connectivity index (χ1n) is 26.3. The lowest BCUT2D eigenvalue weighted by molar-refractivity contribution is -0.163. The maximum absolute atomic E-state index is 15.9. The number of carbonyl (C=O) groups is 1. The number of piperazine rings is 1. The third-order valence-corrected chi connectivity index (χ3v) is 16.3. The molecule has 0 amide bonds. The summed E-state index contributed by atoms with van der Waals surface area (Å²) >= 11 is 16.2. The SMILES string of the molecule is Cc1c(Cl)c2c(Cl)c(C)c1-c1c(-c3ccc(F)cc3)sc3ncnc(c13)O[C@@H](C(=O)OC(C)(C)C)Cc1cc(ccc1OCc1ccnc(C3=CC[C@@](F)(COC[C@@H]4COCCO4)CC3)n1)OC[C@@H](CN1CCN(C)CC1)O2. The molecule has 0 N–H and O–H groups in total. The average molecular weight is 1130 g/mol. The molecule has 5 aliphatic rings. The van der Waals surface area contributed by atoms with Crippen molar-refractivity contribution in [3.63, 3.8) is 0 Å². The van der Waals surface area contributed by atoms with Crippen LogP contribution in [0.4, 0.5) is 8.78 Å². The number of thiophene rings is 1. The van der Waals surface area contributed by atoms with Crippen LogP contribution >= 0.6 is 34.5 Å². The summed E-state index contributed by atoms with van der Waals surface area (Å²) in [6, 6.07) is 13.4. The number of allylic oxidation sites excluding steroid dienone is 2. The first-order chi connectivity index (χ1) is 37.5. The lowest BCUT2D eigenvalue weighted by Crippen LogP contribution is -2.49. The zero-order valence-corrected chi connectivity index (χ0v) is 47.0. The van der Waals surface area contributed by atoms with Gasteiger partial charge in [0.15, 0.2) is 11.6 Å². The molecule has 0 saturated carbocycles. The van der Waals surface area contributed by atoms with Crippen LogP contribution in [0.1, 0.15) is 68.2 Å². The average Bonchev–Trinajstić information content (AvgIpc) is 3.85. The summed E-state index contributed by atoms with van der Waals surface area (Å²) in [5, 5.41) is 1.10. The van der Waals surface area contributed by atoms with Gasteiger partial charge in [-0.05, 0) is 119 Å². The summed E-state index contributed by atoms with van der Waals surface area (Å²) in [6.07, 6.45) is 3.64. The first-order valence-corrected chi connectivity index (χ1v) is 27.9. The third-order valence-electron chi connectivity index (χ3n) is 14.2. The summed E-state index contributed by atoms with van der Waals surface area (Å²) in [6.45, 7) is 15.0. The van der Waals surface area contributed by atoms with Crippen molar-refractivity contribution in [3.8, 4) is 44.7 Å². The van der Waals surface area contributed by atoms with E-state index < -0.39 is 35.3 Å². The normalized spacial score (nSPS) is 21.5. The molecule has 0 unspecified atom stereocenters. The molecule has 4 bridgehead atoms. The van der Waals surface area contributed by atoms with Crippen LogP contribution in [-0.4, -0.2) is 145 Å². The maximum Gasteiger partial charge on any atom is 0.348 e. The summed E-state index contributed by atoms with van der Waals surface area (Å²) < 4.78 is 80.4. The smallest absolute Gasteiger partial charge is 0.348 e. The van der Waals surface area contributed by atoms with Crippen molar-refractivity contribution in [2.45, 2.75) is 96.5 Å². The van der Waals surface area contributed by atoms with Crippen molar-refractivity contribution in [1.29, 1.82) is 0 Å². The Morgan fingerprint density at radius 2 is 1.72 bits per heavy atom. The van der Waals surface area contributed by atoms with E-state index in [2.05, 4.69) is 21.8 Å². The number of benzene rings is 3. The molecule has 2 fully saturated rings. The summed E-state index contributed by atoms with van der Waals surface area (Å²) in [7, 11) is 2.11. The second kappa shape index (κ2) is 24.0. The molecule has 20 heteroatoms. The van der Waals surface area contributed by atoms with E-state index in [1.54, 1.807) is 57.3 Å². The highest BCUT2D eigenvalue weighted by atomic mass is 35.5. The number of esters is 1. The van der Waals surface area contributed by atoms with Gasteiger partial charge in [-0.15, -0.1) is 11.3 Å². The van der Waals surface area contributed by atoms with Gasteiger partial charge in [0.05, 0.1) is 54.2 Å². The van der Waals surface area contributed by atoms with Crippen LogP contribution in [0.5, 0.6) is 23.1 Å². The summed E-state index contributed by atoms with van der Waals surface area (Å²) in [5.41, 5.74) is 2.91. The number of likely N-dealkylation sites (N-methyl/N-ethyl adjacent to an activating group) is 1. The molecule has 3 aromatic carbocycles. The number of alkyl halides is 1. The Balaban J connectivity index is 1.01. The molecule has 15 nitrogen and oxygen atoms in total. The highest BCUT2D eigenvalue weighted by Gasteiger charge is 2.36. The fourth-order valence-electron chi connectivity index (χ4n) is 10.1. The van der Waals surface area contributed by atoms with E-state index in [0.29, 0.717) is 115 Å². The molecule has 7 heterocycles. The van der Waals surface area contributed by atoms with Crippen LogP contribution in [0.2, 0.25) is 10.0 Å². The van der Waals surface area contributed by atoms with Gasteiger partial charge >= 0.3 is 5.97 Å². The second-order valence-electron chi connectivity index (χ2n) is 21.3. The number of nitrogens with zero attached hydrogens (tertiary/aromatic N) is 6. The standard InChI is InChI=1S/C58H64Cl2F2N6O9S/c1-34-46-35(2)50(60)51(49(34)59)75-42(27-68-21-19-67(6)20-22-68)31-73-41-11-12-44(74-28-40-15-18-63-53(66-40)37-13-16-58(62,17-14-37)32-71-30-43-29-70-23-24-72-43)38(25-41)26-45(56(69)77-57(3,4)5)76-54-48-47(46)52(78-55(48)65-33-64-54)36-7-9-39(61)10-8-36/h7-13,15,18,25,33,42-43,45H,14,16-17,19-24,26-32H2,1-6H3/t42-,43+,45-,58+/m1/s1. The highest BCUT2D eigenvalue weighted by Crippen LogP contribution is 2.53. The quantitative estimate of drug-likeness (QED) is 0.107. The summed E-state index contributed by atoms with van der Waals surface area (Å²) in [4.78, 5) is 39.4. The molecule has 78 heavy (non-hydrogen) atoms. The largest absolute Gasteiger partial charge is 0.490 e. The molecule has 4 aliphatic heterocycles. The molecule has 0 radical (unpaired) electrons. The van der Waals surface area contributed by atoms with Crippen LogP contribution < -0.4 is 18.9 Å². The van der Waals surface area contributed by atoms with Crippen LogP contribution in [0, 0.1) is 19.7 Å². The van der Waals surface area contributed by atoms with E-state index in [0.717, 1.165) is 36.6 Å². The lowest BCUT2D eigenvalue weighted by Gasteiger charge is -2.35. The Morgan fingerprint density at radius 1 is 0.936 bits per heavy atom. The zero-order chi connectivity index (χ0) is 54.7. The Hall–Kier alpha value is -5.57. The predicted octanol–water partition coefficient (Wildman–Crippen LogP) is 10.9. The lowest BCUT2D eigenvalue weighted by atomic mass is 9.87. The van der Waals surface area contributed by atoms with Gasteiger partial charge in [-0.25, -0.2) is 33.5 Å². The predicted molar refractivity (Wildman–Crippen MR) is 295 cm³/mol. The zero-order valence-electron chi connectivity index (χ0n) is 44.7. The molecule has 4 atom stereocenters. The van der Waals surface area contributed by atoms with E-state index in [9.17, 15) is 9.18 Å². The molecular formula is C58H64Cl2F2N6O9S. The molecule has 2 saturated heterocycles. The molecule has 414 valence electrons. The molecule has 6 aromatic rings. The van der Waals surface area contributed by atoms with Crippen LogP contribution in [0.25, 0.3) is 37.4 Å². The van der Waals surface area contributed by atoms with Gasteiger partial charge in [0.25, 0.3) is 0 Å². The number of aromatic nitrogens is 4. The number of carbonyl (C=O) groups excluding carboxylic acids is 1. The van der Waals surface area contributed by atoms with Crippen molar-refractivity contribution in [2.24, 2.45) is 0 Å². The van der Waals surface area contributed by atoms with E-state index >= 15 is 4.39 Å². The number of hydrogen-bond donors (Lipinski definition) is 0. The van der Waals surface area contributed by atoms with E-state index in [1.165, 1.54) is 29.8 Å². The van der Waals surface area contributed by atoms with Crippen molar-refractivity contribution < 1.29 is 51.5 Å². The monoisotopic (exact) mass is 1130 g/mol. The van der Waals surface area contributed by atoms with Gasteiger partial charge in [-0.3, -0.25) is 4.90 Å². The minimum atomic E-state index is -1.52. The van der Waals surface area contributed by atoms with Gasteiger partial charge in [0.2, 0.25) is 12.0 Å². The van der Waals surface area contributed by atoms with E-state index in [-0.39, 0.29) is 57.7 Å². The molecule has 3 aromatic heterocycles. The number of rotatable bonds is 12. The fourth-order valence-corrected chi connectivity index (χ4v) is 11.7. The molecule has 11 rings (SSSR count). The fraction of sp³-hybridized carbons (Fsp3) is 0.466. The Kier molecular flexibility index (Phi) is 17.2. The minimum absolute atomic E-state index is 0.0249. The van der Waals surface area contributed by atoms with Crippen molar-refractivity contribution in [3.05, 3.63) is 111 Å². The molecular weight excluding hydrogens is 1070 g/mol. The Morgan fingerprint density at radius 3 is 2.44 bits per heavy atom. The van der Waals surface area contributed by atoms with Crippen LogP contribution in [0.3, 0.4) is 0 Å². The number of fused-ring (bicyclic) bond motifs is 7. The van der Waals surface area contributed by atoms with Crippen molar-refractivity contribution in [2.75, 3.05) is 79.4 Å². The Labute approximate surface area is 467 Å². The van der Waals surface area contributed by atoms with Gasteiger partial charge in [-0.1, -0.05) is 41.4 Å². The number of ether oxygens (including phenoxy) is 8. The van der Waals surface area contributed by atoms with Crippen molar-refractivity contribution in [1.82, 2.24) is 29.7 Å². The van der Waals surface area contributed by atoms with E-state index in [1.807, 2.05) is 26.0 Å². The van der Waals surface area contributed by atoms with Gasteiger partial charge in [-0.2, -0.15) is 0 Å². The van der Waals surface area contributed by atoms with Gasteiger partial charge in [0, 0.05) is 67.8 Å². The minimum Gasteiger partial charge on any atom is -0.490 e. The number of hydrogen-bond acceptors (Lipinski definition) is 16. The highest BCUT2D eigenvalue weighted by molar-refractivity contribution is 7.22. The molecule has 1 aliphatic carbocycles. The van der Waals surface area contributed by atoms with Gasteiger partial charge in [0.1, 0.15) is 65.2 Å².